The predicted octanol–water partition coefficient (Wildman–Crippen LogP) is 2.69. The molecule has 1 heterocycles. The molecule has 4 nitrogen and oxygen atoms in total. The van der Waals surface area contributed by atoms with E-state index in [9.17, 15) is 0 Å². The number of ether oxygens (including phenoxy) is 4. The summed E-state index contributed by atoms with van der Waals surface area (Å²) in [6.45, 7) is 12.0. The maximum atomic E-state index is 5.42. The first-order valence-corrected chi connectivity index (χ1v) is 13.7. The summed E-state index contributed by atoms with van der Waals surface area (Å²) in [6, 6.07) is 2.69. The van der Waals surface area contributed by atoms with Gasteiger partial charge in [0, 0.05) is 28.9 Å². The van der Waals surface area contributed by atoms with Gasteiger partial charge in [-0.1, -0.05) is 45.1 Å². The van der Waals surface area contributed by atoms with E-state index in [2.05, 4.69) is 26.6 Å². The molecule has 0 aromatic carbocycles. The zero-order valence-corrected chi connectivity index (χ0v) is 17.4. The highest BCUT2D eigenvalue weighted by Gasteiger charge is 2.21. The van der Waals surface area contributed by atoms with Crippen LogP contribution in [0.15, 0.2) is 0 Å². The molecule has 1 unspecified atom stereocenters. The van der Waals surface area contributed by atoms with Gasteiger partial charge in [-0.25, -0.2) is 0 Å². The van der Waals surface area contributed by atoms with Crippen molar-refractivity contribution in [2.24, 2.45) is 0 Å². The second kappa shape index (κ2) is 12.8. The molecular weight excluding hydrogens is 300 g/mol. The van der Waals surface area contributed by atoms with Crippen molar-refractivity contribution in [1.82, 2.24) is 0 Å². The van der Waals surface area contributed by atoms with E-state index in [0.29, 0.717) is 6.10 Å². The number of hydrogen-bond acceptors (Lipinski definition) is 4. The highest BCUT2D eigenvalue weighted by molar-refractivity contribution is 6.76. The minimum absolute atomic E-state index is 0.0711. The fourth-order valence-electron chi connectivity index (χ4n) is 1.98. The van der Waals surface area contributed by atoms with Crippen molar-refractivity contribution in [3.8, 4) is 0 Å². The lowest BCUT2D eigenvalue weighted by molar-refractivity contribution is -0.0442. The van der Waals surface area contributed by atoms with Gasteiger partial charge in [0.25, 0.3) is 0 Å². The molecule has 1 fully saturated rings. The number of hydrogen-bond donors (Lipinski definition) is 0. The zero-order valence-electron chi connectivity index (χ0n) is 14.9. The molecule has 1 saturated heterocycles. The summed E-state index contributed by atoms with van der Waals surface area (Å²) in [5.74, 6) is 0.0711. The van der Waals surface area contributed by atoms with Crippen LogP contribution in [0.3, 0.4) is 0 Å². The Hall–Kier alpha value is 0.274. The van der Waals surface area contributed by atoms with Crippen molar-refractivity contribution in [3.05, 3.63) is 0 Å². The molecule has 0 radical (unpaired) electrons. The maximum absolute atomic E-state index is 5.42. The average molecular weight is 337 g/mol. The molecule has 0 spiro atoms. The van der Waals surface area contributed by atoms with Crippen LogP contribution < -0.4 is 0 Å². The topological polar surface area (TPSA) is 40.2 Å². The van der Waals surface area contributed by atoms with Crippen LogP contribution in [0.25, 0.3) is 0 Å². The normalized spacial score (nSPS) is 18.1. The van der Waals surface area contributed by atoms with Crippen LogP contribution in [0.1, 0.15) is 19.8 Å². The Kier molecular flexibility index (Phi) is 12.9. The van der Waals surface area contributed by atoms with E-state index < -0.39 is 8.07 Å². The molecule has 0 amide bonds. The minimum atomic E-state index is -0.657. The Labute approximate surface area is 134 Å². The van der Waals surface area contributed by atoms with Gasteiger partial charge in [-0.3, -0.25) is 0 Å². The van der Waals surface area contributed by atoms with Gasteiger partial charge in [0.2, 0.25) is 0 Å². The van der Waals surface area contributed by atoms with Crippen molar-refractivity contribution in [3.63, 3.8) is 0 Å². The van der Waals surface area contributed by atoms with Crippen LogP contribution in [0.2, 0.25) is 31.7 Å². The Morgan fingerprint density at radius 1 is 1.24 bits per heavy atom. The van der Waals surface area contributed by atoms with Crippen LogP contribution in [0.5, 0.6) is 0 Å². The molecule has 0 saturated carbocycles. The highest BCUT2D eigenvalue weighted by Crippen LogP contribution is 2.09. The quantitative estimate of drug-likeness (QED) is 0.252. The van der Waals surface area contributed by atoms with Crippen LogP contribution in [0.4, 0.5) is 0 Å². The molecule has 21 heavy (non-hydrogen) atoms. The number of rotatable bonds is 11. The van der Waals surface area contributed by atoms with Crippen molar-refractivity contribution < 1.29 is 18.9 Å². The summed E-state index contributed by atoms with van der Waals surface area (Å²) in [5.41, 5.74) is 0. The predicted molar refractivity (Wildman–Crippen MR) is 94.8 cm³/mol. The molecule has 1 rings (SSSR count). The van der Waals surface area contributed by atoms with Gasteiger partial charge in [0.15, 0.2) is 0 Å². The lowest BCUT2D eigenvalue weighted by atomic mass is 10.5. The number of methoxy groups -OCH3 is 2. The molecule has 128 valence electrons. The average Bonchev–Trinajstić information content (AvgIpc) is 3.21. The van der Waals surface area contributed by atoms with Gasteiger partial charge < -0.3 is 18.9 Å². The van der Waals surface area contributed by atoms with Crippen LogP contribution in [-0.2, 0) is 18.9 Å². The van der Waals surface area contributed by atoms with E-state index in [-0.39, 0.29) is 15.4 Å². The van der Waals surface area contributed by atoms with Gasteiger partial charge >= 0.3 is 0 Å². The van der Waals surface area contributed by atoms with E-state index in [1.165, 1.54) is 18.5 Å². The Morgan fingerprint density at radius 3 is 2.24 bits per heavy atom. The van der Waals surface area contributed by atoms with Crippen LogP contribution in [-0.4, -0.2) is 63.7 Å². The first-order valence-electron chi connectivity index (χ1n) is 8.18. The van der Waals surface area contributed by atoms with E-state index in [4.69, 9.17) is 18.9 Å². The molecule has 6 heteroatoms. The second-order valence-corrected chi connectivity index (χ2v) is 14.3. The van der Waals surface area contributed by atoms with Crippen molar-refractivity contribution in [2.45, 2.75) is 63.5 Å². The lowest BCUT2D eigenvalue weighted by Crippen LogP contribution is -2.21. The summed E-state index contributed by atoms with van der Waals surface area (Å²) >= 11 is 0. The largest absolute Gasteiger partial charge is 0.379 e. The van der Waals surface area contributed by atoms with Gasteiger partial charge in [0.1, 0.15) is 12.0 Å². The van der Waals surface area contributed by atoms with Crippen LogP contribution in [0, 0.1) is 0 Å². The summed E-state index contributed by atoms with van der Waals surface area (Å²) in [6.07, 6.45) is 2.87. The van der Waals surface area contributed by atoms with E-state index in [1.807, 2.05) is 0 Å². The highest BCUT2D eigenvalue weighted by atomic mass is 28.3. The summed E-state index contributed by atoms with van der Waals surface area (Å²) in [7, 11) is 2.47. The van der Waals surface area contributed by atoms with E-state index >= 15 is 0 Å². The van der Waals surface area contributed by atoms with Crippen molar-refractivity contribution in [1.29, 1.82) is 0 Å². The Morgan fingerprint density at radius 2 is 1.86 bits per heavy atom. The van der Waals surface area contributed by atoms with Crippen LogP contribution >= 0.6 is 0 Å². The molecule has 0 aliphatic carbocycles. The van der Waals surface area contributed by atoms with Crippen molar-refractivity contribution in [2.75, 3.05) is 34.0 Å². The first-order chi connectivity index (χ1) is 9.92. The third-order valence-electron chi connectivity index (χ3n) is 3.21. The lowest BCUT2D eigenvalue weighted by Gasteiger charge is -2.12. The molecule has 1 aliphatic heterocycles. The molecular formula is C15H36O4Si2. The molecule has 0 aromatic heterocycles. The zero-order chi connectivity index (χ0) is 16.1. The maximum Gasteiger partial charge on any atom is 0.134 e. The van der Waals surface area contributed by atoms with Gasteiger partial charge in [0.05, 0.1) is 22.7 Å². The summed E-state index contributed by atoms with van der Waals surface area (Å²) < 4.78 is 20.7. The summed E-state index contributed by atoms with van der Waals surface area (Å²) in [5, 5.41) is 0. The van der Waals surface area contributed by atoms with Gasteiger partial charge in [-0.15, -0.1) is 0 Å². The molecule has 1 atom stereocenters. The minimum Gasteiger partial charge on any atom is -0.379 e. The van der Waals surface area contributed by atoms with Gasteiger partial charge in [-0.05, 0) is 6.42 Å². The van der Waals surface area contributed by atoms with Gasteiger partial charge in [-0.2, -0.15) is 0 Å². The molecule has 1 aliphatic rings. The van der Waals surface area contributed by atoms with E-state index in [1.54, 1.807) is 14.2 Å². The van der Waals surface area contributed by atoms with Crippen molar-refractivity contribution >= 4 is 17.6 Å². The SMILES string of the molecule is CCC[Si](C)(C)C.COC(OC)[SiH2]CCCOCC1CO1. The fraction of sp³-hybridized carbons (Fsp3) is 1.00. The number of epoxide rings is 1. The Balaban J connectivity index is 0.000000486. The van der Waals surface area contributed by atoms with E-state index in [0.717, 1.165) is 26.2 Å². The fourth-order valence-corrected chi connectivity index (χ4v) is 4.77. The molecule has 0 bridgehead atoms. The first kappa shape index (κ1) is 21.3. The monoisotopic (exact) mass is 336 g/mol. The third-order valence-corrected chi connectivity index (χ3v) is 7.26. The Bertz CT molecular complexity index is 226. The smallest absolute Gasteiger partial charge is 0.134 e. The summed E-state index contributed by atoms with van der Waals surface area (Å²) in [4.78, 5) is 0. The molecule has 0 N–H and O–H groups in total. The molecule has 0 aromatic rings. The standard InChI is InChI=1S/C9H20O4Si.C6H16Si/c1-10-9(11-2)14-5-3-4-12-6-8-7-13-8;1-5-6-7(2,3)4/h8-9H,3-7,14H2,1-2H3;5-6H2,1-4H3. The third kappa shape index (κ3) is 16.5. The second-order valence-electron chi connectivity index (χ2n) is 6.74.